The number of anilines is 1. The summed E-state index contributed by atoms with van der Waals surface area (Å²) < 4.78 is 10.3. The number of furan rings is 1. The molecule has 3 rings (SSSR count). The standard InChI is InChI=1S/C19H21NO4S/c1-12-8-14-6-4-5-7-17(14)20(12)18(21)11-25-10-15-9-16(13(2)24-15)19(22)23-3/h4-7,9,12H,8,10-11H2,1-3H3/t12-/m1/s1. The van der Waals surface area contributed by atoms with Gasteiger partial charge in [-0.05, 0) is 38.0 Å². The smallest absolute Gasteiger partial charge is 0.341 e. The minimum absolute atomic E-state index is 0.0962. The van der Waals surface area contributed by atoms with Crippen LogP contribution in [0.3, 0.4) is 0 Å². The summed E-state index contributed by atoms with van der Waals surface area (Å²) >= 11 is 1.48. The third kappa shape index (κ3) is 3.58. The van der Waals surface area contributed by atoms with Gasteiger partial charge in [0.05, 0.1) is 18.6 Å². The summed E-state index contributed by atoms with van der Waals surface area (Å²) in [6.07, 6.45) is 0.895. The van der Waals surface area contributed by atoms with Gasteiger partial charge in [-0.3, -0.25) is 4.79 Å². The van der Waals surface area contributed by atoms with Crippen molar-refractivity contribution in [3.8, 4) is 0 Å². The van der Waals surface area contributed by atoms with Gasteiger partial charge in [0, 0.05) is 11.7 Å². The normalized spacial score (nSPS) is 16.0. The van der Waals surface area contributed by atoms with E-state index in [0.717, 1.165) is 12.1 Å². The monoisotopic (exact) mass is 359 g/mol. The minimum atomic E-state index is -0.406. The number of esters is 1. The van der Waals surface area contributed by atoms with Crippen molar-refractivity contribution >= 4 is 29.3 Å². The van der Waals surface area contributed by atoms with Crippen LogP contribution >= 0.6 is 11.8 Å². The summed E-state index contributed by atoms with van der Waals surface area (Å²) in [5.41, 5.74) is 2.67. The van der Waals surface area contributed by atoms with Crippen LogP contribution in [0.1, 0.15) is 34.4 Å². The summed E-state index contributed by atoms with van der Waals surface area (Å²) in [5.74, 6) is 1.80. The predicted octanol–water partition coefficient (Wildman–Crippen LogP) is 3.59. The molecule has 1 amide bonds. The van der Waals surface area contributed by atoms with Crippen LogP contribution in [0.4, 0.5) is 5.69 Å². The molecule has 1 aliphatic rings. The van der Waals surface area contributed by atoms with E-state index < -0.39 is 5.97 Å². The van der Waals surface area contributed by atoms with Gasteiger partial charge in [0.2, 0.25) is 5.91 Å². The number of carbonyl (C=O) groups excluding carboxylic acids is 2. The highest BCUT2D eigenvalue weighted by Gasteiger charge is 2.30. The molecule has 25 heavy (non-hydrogen) atoms. The number of thioether (sulfide) groups is 1. The van der Waals surface area contributed by atoms with E-state index in [9.17, 15) is 9.59 Å². The van der Waals surface area contributed by atoms with Crippen LogP contribution in [0.2, 0.25) is 0 Å². The fourth-order valence-corrected chi connectivity index (χ4v) is 3.94. The van der Waals surface area contributed by atoms with Crippen LogP contribution in [0, 0.1) is 6.92 Å². The van der Waals surface area contributed by atoms with Crippen LogP contribution in [0.5, 0.6) is 0 Å². The number of hydrogen-bond acceptors (Lipinski definition) is 5. The first-order valence-corrected chi connectivity index (χ1v) is 9.32. The molecule has 1 aromatic carbocycles. The topological polar surface area (TPSA) is 59.8 Å². The zero-order valence-corrected chi connectivity index (χ0v) is 15.4. The zero-order chi connectivity index (χ0) is 18.0. The zero-order valence-electron chi connectivity index (χ0n) is 14.6. The molecular weight excluding hydrogens is 338 g/mol. The molecule has 0 radical (unpaired) electrons. The number of hydrogen-bond donors (Lipinski definition) is 0. The molecule has 0 fully saturated rings. The van der Waals surface area contributed by atoms with Crippen molar-refractivity contribution in [1.29, 1.82) is 0 Å². The minimum Gasteiger partial charge on any atom is -0.465 e. The Morgan fingerprint density at radius 1 is 1.36 bits per heavy atom. The Kier molecular flexibility index (Phi) is 5.18. The summed E-state index contributed by atoms with van der Waals surface area (Å²) in [6.45, 7) is 3.80. The molecule has 2 heterocycles. The average molecular weight is 359 g/mol. The number of benzene rings is 1. The Balaban J connectivity index is 1.59. The quantitative estimate of drug-likeness (QED) is 0.764. The third-order valence-electron chi connectivity index (χ3n) is 4.32. The van der Waals surface area contributed by atoms with Crippen molar-refractivity contribution in [2.45, 2.75) is 32.1 Å². The largest absolute Gasteiger partial charge is 0.465 e. The van der Waals surface area contributed by atoms with Gasteiger partial charge in [-0.15, -0.1) is 11.8 Å². The first-order valence-electron chi connectivity index (χ1n) is 8.16. The van der Waals surface area contributed by atoms with E-state index in [2.05, 4.69) is 13.0 Å². The number of methoxy groups -OCH3 is 1. The van der Waals surface area contributed by atoms with E-state index >= 15 is 0 Å². The SMILES string of the molecule is COC(=O)c1cc(CSCC(=O)N2c3ccccc3C[C@H]2C)oc1C. The fourth-order valence-electron chi connectivity index (χ4n) is 3.18. The van der Waals surface area contributed by atoms with Crippen molar-refractivity contribution in [3.63, 3.8) is 0 Å². The van der Waals surface area contributed by atoms with Gasteiger partial charge in [-0.25, -0.2) is 4.79 Å². The van der Waals surface area contributed by atoms with Gasteiger partial charge in [-0.1, -0.05) is 18.2 Å². The van der Waals surface area contributed by atoms with Crippen LogP contribution in [0.25, 0.3) is 0 Å². The molecular formula is C19H21NO4S. The van der Waals surface area contributed by atoms with Crippen LogP contribution in [0.15, 0.2) is 34.7 Å². The van der Waals surface area contributed by atoms with Gasteiger partial charge >= 0.3 is 5.97 Å². The highest BCUT2D eigenvalue weighted by molar-refractivity contribution is 7.99. The molecule has 0 bridgehead atoms. The maximum atomic E-state index is 12.6. The number of carbonyl (C=O) groups is 2. The number of para-hydroxylation sites is 1. The molecule has 0 unspecified atom stereocenters. The van der Waals surface area contributed by atoms with E-state index in [0.29, 0.717) is 28.6 Å². The number of aryl methyl sites for hydroxylation is 1. The second-order valence-corrected chi connectivity index (χ2v) is 7.10. The summed E-state index contributed by atoms with van der Waals surface area (Å²) in [6, 6.07) is 9.91. The van der Waals surface area contributed by atoms with Gasteiger partial charge in [0.25, 0.3) is 0 Å². The Morgan fingerprint density at radius 3 is 2.88 bits per heavy atom. The van der Waals surface area contributed by atoms with Crippen LogP contribution in [-0.4, -0.2) is 30.8 Å². The van der Waals surface area contributed by atoms with E-state index in [-0.39, 0.29) is 11.9 Å². The van der Waals surface area contributed by atoms with Gasteiger partial charge in [-0.2, -0.15) is 0 Å². The van der Waals surface area contributed by atoms with E-state index in [1.54, 1.807) is 13.0 Å². The van der Waals surface area contributed by atoms with Gasteiger partial charge in [0.15, 0.2) is 0 Å². The second kappa shape index (κ2) is 7.35. The molecule has 5 nitrogen and oxygen atoms in total. The maximum Gasteiger partial charge on any atom is 0.341 e. The molecule has 0 saturated heterocycles. The highest BCUT2D eigenvalue weighted by Crippen LogP contribution is 2.32. The van der Waals surface area contributed by atoms with Crippen molar-refractivity contribution in [2.75, 3.05) is 17.8 Å². The van der Waals surface area contributed by atoms with Crippen LogP contribution < -0.4 is 4.90 Å². The molecule has 0 spiro atoms. The summed E-state index contributed by atoms with van der Waals surface area (Å²) in [4.78, 5) is 26.1. The van der Waals surface area contributed by atoms with Gasteiger partial charge in [0.1, 0.15) is 17.1 Å². The Hall–Kier alpha value is -2.21. The predicted molar refractivity (Wildman–Crippen MR) is 98.0 cm³/mol. The van der Waals surface area contributed by atoms with E-state index in [1.165, 1.54) is 24.4 Å². The lowest BCUT2D eigenvalue weighted by Crippen LogP contribution is -2.37. The molecule has 132 valence electrons. The molecule has 0 N–H and O–H groups in total. The Bertz CT molecular complexity index is 798. The number of fused-ring (bicyclic) bond motifs is 1. The molecule has 0 saturated carbocycles. The molecule has 0 aliphatic carbocycles. The second-order valence-electron chi connectivity index (χ2n) is 6.11. The molecule has 6 heteroatoms. The lowest BCUT2D eigenvalue weighted by molar-refractivity contribution is -0.116. The summed E-state index contributed by atoms with van der Waals surface area (Å²) in [7, 11) is 1.34. The number of amides is 1. The Labute approximate surface area is 151 Å². The third-order valence-corrected chi connectivity index (χ3v) is 5.26. The van der Waals surface area contributed by atoms with E-state index in [4.69, 9.17) is 9.15 Å². The molecule has 1 aromatic heterocycles. The molecule has 1 aliphatic heterocycles. The van der Waals surface area contributed by atoms with Crippen LogP contribution in [-0.2, 0) is 21.7 Å². The van der Waals surface area contributed by atoms with E-state index in [1.807, 2.05) is 23.1 Å². The fraction of sp³-hybridized carbons (Fsp3) is 0.368. The summed E-state index contributed by atoms with van der Waals surface area (Å²) in [5, 5.41) is 0. The Morgan fingerprint density at radius 2 is 2.12 bits per heavy atom. The average Bonchev–Trinajstić information content (AvgIpc) is 3.13. The lowest BCUT2D eigenvalue weighted by atomic mass is 10.1. The first kappa shape index (κ1) is 17.6. The number of nitrogens with zero attached hydrogens (tertiary/aromatic N) is 1. The number of ether oxygens (including phenoxy) is 1. The van der Waals surface area contributed by atoms with Crippen molar-refractivity contribution in [1.82, 2.24) is 0 Å². The first-order chi connectivity index (χ1) is 12.0. The number of rotatable bonds is 5. The maximum absolute atomic E-state index is 12.6. The highest BCUT2D eigenvalue weighted by atomic mass is 32.2. The van der Waals surface area contributed by atoms with Crippen molar-refractivity contribution in [2.24, 2.45) is 0 Å². The van der Waals surface area contributed by atoms with Crippen molar-refractivity contribution in [3.05, 3.63) is 53.0 Å². The lowest BCUT2D eigenvalue weighted by Gasteiger charge is -2.22. The van der Waals surface area contributed by atoms with Crippen molar-refractivity contribution < 1.29 is 18.7 Å². The molecule has 1 atom stereocenters. The molecule has 2 aromatic rings. The van der Waals surface area contributed by atoms with Gasteiger partial charge < -0.3 is 14.1 Å².